The Balaban J connectivity index is 1.72. The van der Waals surface area contributed by atoms with Crippen LogP contribution in [0.25, 0.3) is 22.2 Å². The zero-order chi connectivity index (χ0) is 17.4. The van der Waals surface area contributed by atoms with E-state index in [4.69, 9.17) is 0 Å². The number of rotatable bonds is 3. The van der Waals surface area contributed by atoms with Crippen LogP contribution in [0.1, 0.15) is 5.56 Å². The lowest BCUT2D eigenvalue weighted by atomic mass is 10.1. The fourth-order valence-corrected chi connectivity index (χ4v) is 3.29. The van der Waals surface area contributed by atoms with Gasteiger partial charge in [-0.2, -0.15) is 5.10 Å². The monoisotopic (exact) mass is 394 g/mol. The molecular weight excluding hydrogens is 380 g/mol. The minimum absolute atomic E-state index is 0.149. The summed E-state index contributed by atoms with van der Waals surface area (Å²) in [6.07, 6.45) is 3.85. The standard InChI is InChI=1S/C19H15BrN4O/c1-23-17-9-14(7-8-16(17)22-18(20)19(23)25)15-10-21-24(12-15)11-13-5-3-2-4-6-13/h2-10,12H,11H2,1H3. The van der Waals surface area contributed by atoms with E-state index in [1.54, 1.807) is 11.6 Å². The Morgan fingerprint density at radius 2 is 1.88 bits per heavy atom. The lowest BCUT2D eigenvalue weighted by Crippen LogP contribution is -2.19. The van der Waals surface area contributed by atoms with Gasteiger partial charge in [0, 0.05) is 18.8 Å². The van der Waals surface area contributed by atoms with Crippen molar-refractivity contribution < 1.29 is 0 Å². The molecule has 5 nitrogen and oxygen atoms in total. The number of aromatic nitrogens is 4. The molecule has 0 fully saturated rings. The second-order valence-electron chi connectivity index (χ2n) is 5.88. The molecule has 4 aromatic rings. The highest BCUT2D eigenvalue weighted by molar-refractivity contribution is 9.10. The Morgan fingerprint density at radius 1 is 1.08 bits per heavy atom. The number of halogens is 1. The molecule has 0 unspecified atom stereocenters. The fraction of sp³-hybridized carbons (Fsp3) is 0.105. The molecule has 0 N–H and O–H groups in total. The molecule has 2 aromatic heterocycles. The van der Waals surface area contributed by atoms with Crippen LogP contribution in [0.3, 0.4) is 0 Å². The van der Waals surface area contributed by atoms with Crippen LogP contribution in [0.2, 0.25) is 0 Å². The third-order valence-electron chi connectivity index (χ3n) is 4.19. The van der Waals surface area contributed by atoms with Gasteiger partial charge >= 0.3 is 0 Å². The summed E-state index contributed by atoms with van der Waals surface area (Å²) < 4.78 is 3.84. The van der Waals surface area contributed by atoms with E-state index in [1.165, 1.54) is 5.56 Å². The highest BCUT2D eigenvalue weighted by atomic mass is 79.9. The second-order valence-corrected chi connectivity index (χ2v) is 6.63. The average molecular weight is 395 g/mol. The molecule has 0 aliphatic heterocycles. The number of nitrogens with zero attached hydrogens (tertiary/aromatic N) is 4. The van der Waals surface area contributed by atoms with Crippen molar-refractivity contribution >= 4 is 27.0 Å². The lowest BCUT2D eigenvalue weighted by Gasteiger charge is -2.07. The van der Waals surface area contributed by atoms with Crippen molar-refractivity contribution in [3.05, 3.63) is 81.4 Å². The van der Waals surface area contributed by atoms with E-state index < -0.39 is 0 Å². The molecule has 0 aliphatic carbocycles. The van der Waals surface area contributed by atoms with Crippen LogP contribution in [-0.4, -0.2) is 19.3 Å². The molecule has 2 aromatic carbocycles. The number of fused-ring (bicyclic) bond motifs is 1. The SMILES string of the molecule is Cn1c(=O)c(Br)nc2ccc(-c3cnn(Cc4ccccc4)c3)cc21. The van der Waals surface area contributed by atoms with Crippen LogP contribution in [0.5, 0.6) is 0 Å². The summed E-state index contributed by atoms with van der Waals surface area (Å²) in [5, 5.41) is 4.45. The lowest BCUT2D eigenvalue weighted by molar-refractivity contribution is 0.687. The van der Waals surface area contributed by atoms with Crippen molar-refractivity contribution in [3.8, 4) is 11.1 Å². The zero-order valence-electron chi connectivity index (χ0n) is 13.6. The smallest absolute Gasteiger partial charge is 0.283 e. The highest BCUT2D eigenvalue weighted by Gasteiger charge is 2.09. The van der Waals surface area contributed by atoms with Gasteiger partial charge in [0.15, 0.2) is 4.60 Å². The molecule has 25 heavy (non-hydrogen) atoms. The summed E-state index contributed by atoms with van der Waals surface area (Å²) in [7, 11) is 1.75. The number of hydrogen-bond acceptors (Lipinski definition) is 3. The van der Waals surface area contributed by atoms with Crippen molar-refractivity contribution in [2.45, 2.75) is 6.54 Å². The molecule has 0 aliphatic rings. The zero-order valence-corrected chi connectivity index (χ0v) is 15.1. The van der Waals surface area contributed by atoms with Gasteiger partial charge in [-0.3, -0.25) is 9.48 Å². The molecule has 6 heteroatoms. The maximum absolute atomic E-state index is 12.1. The molecule has 2 heterocycles. The van der Waals surface area contributed by atoms with Gasteiger partial charge < -0.3 is 4.57 Å². The van der Waals surface area contributed by atoms with Crippen molar-refractivity contribution in [1.82, 2.24) is 19.3 Å². The van der Waals surface area contributed by atoms with E-state index >= 15 is 0 Å². The number of hydrogen-bond donors (Lipinski definition) is 0. The molecule has 0 spiro atoms. The van der Waals surface area contributed by atoms with Crippen LogP contribution in [0, 0.1) is 0 Å². The Bertz CT molecular complexity index is 1120. The maximum Gasteiger partial charge on any atom is 0.283 e. The third-order valence-corrected chi connectivity index (χ3v) is 4.71. The van der Waals surface area contributed by atoms with Gasteiger partial charge in [0.05, 0.1) is 23.8 Å². The van der Waals surface area contributed by atoms with Gasteiger partial charge in [0.1, 0.15) is 0 Å². The Hall–Kier alpha value is -2.73. The van der Waals surface area contributed by atoms with Gasteiger partial charge in [-0.15, -0.1) is 0 Å². The topological polar surface area (TPSA) is 52.7 Å². The third kappa shape index (κ3) is 3.00. The summed E-state index contributed by atoms with van der Waals surface area (Å²) >= 11 is 3.21. The minimum Gasteiger partial charge on any atom is -0.308 e. The Kier molecular flexibility index (Phi) is 3.97. The van der Waals surface area contributed by atoms with Crippen molar-refractivity contribution in [1.29, 1.82) is 0 Å². The molecule has 124 valence electrons. The first kappa shape index (κ1) is 15.8. The molecule has 0 radical (unpaired) electrons. The van der Waals surface area contributed by atoms with E-state index in [1.807, 2.05) is 53.5 Å². The van der Waals surface area contributed by atoms with Gasteiger partial charge in [-0.1, -0.05) is 36.4 Å². The minimum atomic E-state index is -0.149. The van der Waals surface area contributed by atoms with E-state index in [9.17, 15) is 4.79 Å². The molecule has 0 saturated heterocycles. The number of aryl methyl sites for hydroxylation is 1. The molecule has 0 atom stereocenters. The second kappa shape index (κ2) is 6.29. The fourth-order valence-electron chi connectivity index (χ4n) is 2.84. The summed E-state index contributed by atoms with van der Waals surface area (Å²) in [5.74, 6) is 0. The molecule has 0 amide bonds. The Labute approximate surface area is 152 Å². The van der Waals surface area contributed by atoms with Crippen molar-refractivity contribution in [3.63, 3.8) is 0 Å². The first-order valence-corrected chi connectivity index (χ1v) is 8.64. The van der Waals surface area contributed by atoms with Crippen LogP contribution in [0.15, 0.2) is 70.3 Å². The Morgan fingerprint density at radius 3 is 2.68 bits per heavy atom. The van der Waals surface area contributed by atoms with Crippen molar-refractivity contribution in [2.75, 3.05) is 0 Å². The highest BCUT2D eigenvalue weighted by Crippen LogP contribution is 2.23. The summed E-state index contributed by atoms with van der Waals surface area (Å²) in [4.78, 5) is 16.4. The predicted molar refractivity (Wildman–Crippen MR) is 101 cm³/mol. The molecule has 4 rings (SSSR count). The molecule has 0 saturated carbocycles. The predicted octanol–water partition coefficient (Wildman–Crippen LogP) is 3.61. The summed E-state index contributed by atoms with van der Waals surface area (Å²) in [6.45, 7) is 0.724. The van der Waals surface area contributed by atoms with Gasteiger partial charge in [0.25, 0.3) is 5.56 Å². The van der Waals surface area contributed by atoms with E-state index in [0.29, 0.717) is 4.60 Å². The summed E-state index contributed by atoms with van der Waals surface area (Å²) in [5.41, 5.74) is 4.63. The maximum atomic E-state index is 12.1. The molecule has 0 bridgehead atoms. The first-order chi connectivity index (χ1) is 12.1. The van der Waals surface area contributed by atoms with E-state index in [0.717, 1.165) is 28.7 Å². The van der Waals surface area contributed by atoms with E-state index in [-0.39, 0.29) is 5.56 Å². The number of benzene rings is 2. The van der Waals surface area contributed by atoms with Crippen molar-refractivity contribution in [2.24, 2.45) is 7.05 Å². The van der Waals surface area contributed by atoms with Crippen LogP contribution in [-0.2, 0) is 13.6 Å². The van der Waals surface area contributed by atoms with Crippen LogP contribution < -0.4 is 5.56 Å². The van der Waals surface area contributed by atoms with Gasteiger partial charge in [-0.05, 0) is 39.2 Å². The largest absolute Gasteiger partial charge is 0.308 e. The van der Waals surface area contributed by atoms with E-state index in [2.05, 4.69) is 38.1 Å². The molecular formula is C19H15BrN4O. The summed E-state index contributed by atoms with van der Waals surface area (Å²) in [6, 6.07) is 16.1. The normalized spacial score (nSPS) is 11.1. The van der Waals surface area contributed by atoms with Gasteiger partial charge in [0.2, 0.25) is 0 Å². The quantitative estimate of drug-likeness (QED) is 0.533. The van der Waals surface area contributed by atoms with Crippen LogP contribution >= 0.6 is 15.9 Å². The van der Waals surface area contributed by atoms with Gasteiger partial charge in [-0.25, -0.2) is 4.98 Å². The average Bonchev–Trinajstić information content (AvgIpc) is 3.09. The first-order valence-electron chi connectivity index (χ1n) is 7.85. The van der Waals surface area contributed by atoms with Crippen LogP contribution in [0.4, 0.5) is 0 Å².